The molecule has 0 aliphatic heterocycles. The number of nitrogens with one attached hydrogen (secondary N) is 2. The second-order valence-electron chi connectivity index (χ2n) is 6.42. The maximum Gasteiger partial charge on any atom is 0.422 e. The fourth-order valence-electron chi connectivity index (χ4n) is 2.92. The van der Waals surface area contributed by atoms with Crippen LogP contribution in [0.4, 0.5) is 18.9 Å². The van der Waals surface area contributed by atoms with Gasteiger partial charge in [0.15, 0.2) is 6.61 Å². The first kappa shape index (κ1) is 21.6. The fraction of sp³-hybridized carbons (Fsp3) is 0.200. The topological polar surface area (TPSA) is 117 Å². The molecule has 1 aromatic heterocycles. The molecule has 0 radical (unpaired) electrons. The number of H-pyrrole nitrogens is 1. The Kier molecular flexibility index (Phi) is 5.83. The lowest BCUT2D eigenvalue weighted by Crippen LogP contribution is -2.36. The molecule has 0 fully saturated rings. The van der Waals surface area contributed by atoms with Gasteiger partial charge < -0.3 is 19.6 Å². The summed E-state index contributed by atoms with van der Waals surface area (Å²) in [4.78, 5) is 38.7. The van der Waals surface area contributed by atoms with Crippen LogP contribution in [0.25, 0.3) is 11.0 Å². The van der Waals surface area contributed by atoms with E-state index >= 15 is 0 Å². The molecule has 0 unspecified atom stereocenters. The van der Waals surface area contributed by atoms with Gasteiger partial charge in [0, 0.05) is 17.8 Å². The van der Waals surface area contributed by atoms with Crippen LogP contribution < -0.4 is 21.2 Å². The Morgan fingerprint density at radius 1 is 1.23 bits per heavy atom. The number of fused-ring (bicyclic) bond motifs is 1. The summed E-state index contributed by atoms with van der Waals surface area (Å²) in [6, 6.07) is 9.70. The van der Waals surface area contributed by atoms with Gasteiger partial charge in [-0.05, 0) is 43.3 Å². The van der Waals surface area contributed by atoms with E-state index in [9.17, 15) is 27.6 Å². The number of ether oxygens (including phenoxy) is 1. The van der Waals surface area contributed by atoms with Gasteiger partial charge in [-0.25, -0.2) is 0 Å². The lowest BCUT2D eigenvalue weighted by atomic mass is 10.1. The van der Waals surface area contributed by atoms with Crippen LogP contribution in [0.2, 0.25) is 0 Å². The van der Waals surface area contributed by atoms with E-state index in [-0.39, 0.29) is 34.6 Å². The van der Waals surface area contributed by atoms with Crippen molar-refractivity contribution < 1.29 is 22.7 Å². The SMILES string of the molecule is CCn1c(=O)c(=O)[nH]c2cc(C(=O)Nc3ccc(OCC(F)(F)F)c(C#N)c3)ccc21. The molecular formula is C20H15F3N4O4. The van der Waals surface area contributed by atoms with Crippen LogP contribution >= 0.6 is 0 Å². The van der Waals surface area contributed by atoms with Crippen LogP contribution in [-0.4, -0.2) is 28.2 Å². The molecule has 0 aliphatic carbocycles. The molecule has 0 spiro atoms. The van der Waals surface area contributed by atoms with Crippen molar-refractivity contribution in [3.8, 4) is 11.8 Å². The summed E-state index contributed by atoms with van der Waals surface area (Å²) in [5, 5.41) is 11.7. The van der Waals surface area contributed by atoms with Gasteiger partial charge in [0.25, 0.3) is 5.91 Å². The van der Waals surface area contributed by atoms with Gasteiger partial charge in [-0.1, -0.05) is 0 Å². The number of carbonyl (C=O) groups is 1. The minimum absolute atomic E-state index is 0.153. The van der Waals surface area contributed by atoms with Gasteiger partial charge >= 0.3 is 17.3 Å². The van der Waals surface area contributed by atoms with Crippen molar-refractivity contribution in [2.45, 2.75) is 19.6 Å². The Hall–Kier alpha value is -4.07. The van der Waals surface area contributed by atoms with Crippen LogP contribution in [0.1, 0.15) is 22.8 Å². The third-order valence-electron chi connectivity index (χ3n) is 4.30. The van der Waals surface area contributed by atoms with Crippen molar-refractivity contribution in [3.05, 3.63) is 68.2 Å². The molecule has 3 aromatic rings. The number of benzene rings is 2. The summed E-state index contributed by atoms with van der Waals surface area (Å²) in [6.45, 7) is 0.422. The standard InChI is InChI=1S/C20H15F3N4O4/c1-2-27-15-5-3-11(8-14(15)26-18(29)19(27)30)17(28)25-13-4-6-16(12(7-13)9-24)31-10-20(21,22)23/h3-8H,2,10H2,1H3,(H,25,28)(H,26,29). The maximum absolute atomic E-state index is 12.6. The van der Waals surface area contributed by atoms with E-state index < -0.39 is 29.8 Å². The molecule has 8 nitrogen and oxygen atoms in total. The summed E-state index contributed by atoms with van der Waals surface area (Å²) >= 11 is 0. The number of hydrogen-bond donors (Lipinski definition) is 2. The highest BCUT2D eigenvalue weighted by Crippen LogP contribution is 2.25. The van der Waals surface area contributed by atoms with Gasteiger partial charge in [0.1, 0.15) is 11.8 Å². The van der Waals surface area contributed by atoms with Gasteiger partial charge in [0.2, 0.25) is 0 Å². The second-order valence-corrected chi connectivity index (χ2v) is 6.42. The fourth-order valence-corrected chi connectivity index (χ4v) is 2.92. The van der Waals surface area contributed by atoms with Crippen LogP contribution in [-0.2, 0) is 6.54 Å². The predicted molar refractivity (Wildman–Crippen MR) is 105 cm³/mol. The average Bonchev–Trinajstić information content (AvgIpc) is 2.72. The Morgan fingerprint density at radius 3 is 2.61 bits per heavy atom. The number of aryl methyl sites for hydroxylation is 1. The summed E-state index contributed by atoms with van der Waals surface area (Å²) in [5.74, 6) is -0.858. The number of nitrogens with zero attached hydrogens (tertiary/aromatic N) is 2. The number of amides is 1. The Labute approximate surface area is 172 Å². The van der Waals surface area contributed by atoms with Crippen molar-refractivity contribution in [1.82, 2.24) is 9.55 Å². The molecule has 0 saturated carbocycles. The molecular weight excluding hydrogens is 417 g/mol. The minimum atomic E-state index is -4.56. The summed E-state index contributed by atoms with van der Waals surface area (Å²) in [7, 11) is 0. The van der Waals surface area contributed by atoms with Crippen molar-refractivity contribution >= 4 is 22.6 Å². The molecule has 0 aliphatic rings. The van der Waals surface area contributed by atoms with Gasteiger partial charge in [-0.15, -0.1) is 0 Å². The number of halogens is 3. The van der Waals surface area contributed by atoms with E-state index in [1.165, 1.54) is 34.9 Å². The van der Waals surface area contributed by atoms with Crippen molar-refractivity contribution in [3.63, 3.8) is 0 Å². The molecule has 3 rings (SSSR count). The third-order valence-corrected chi connectivity index (χ3v) is 4.30. The predicted octanol–water partition coefficient (Wildman–Crippen LogP) is 2.77. The van der Waals surface area contributed by atoms with E-state index in [1.54, 1.807) is 13.0 Å². The molecule has 0 saturated heterocycles. The van der Waals surface area contributed by atoms with Crippen LogP contribution in [0, 0.1) is 11.3 Å². The monoisotopic (exact) mass is 432 g/mol. The summed E-state index contributed by atoms with van der Waals surface area (Å²) < 4.78 is 42.8. The number of carbonyl (C=O) groups excluding carboxylic acids is 1. The maximum atomic E-state index is 12.6. The smallest absolute Gasteiger partial charge is 0.422 e. The average molecular weight is 432 g/mol. The molecule has 1 amide bonds. The number of anilines is 1. The first-order valence-corrected chi connectivity index (χ1v) is 8.95. The first-order valence-electron chi connectivity index (χ1n) is 8.95. The first-order chi connectivity index (χ1) is 14.6. The zero-order valence-corrected chi connectivity index (χ0v) is 16.0. The number of aromatic nitrogens is 2. The quantitative estimate of drug-likeness (QED) is 0.602. The summed E-state index contributed by atoms with van der Waals surface area (Å²) in [5.41, 5.74) is -0.663. The van der Waals surface area contributed by atoms with Crippen molar-refractivity contribution in [1.29, 1.82) is 5.26 Å². The van der Waals surface area contributed by atoms with Crippen LogP contribution in [0.15, 0.2) is 46.0 Å². The molecule has 1 heterocycles. The van der Waals surface area contributed by atoms with Gasteiger partial charge in [-0.3, -0.25) is 14.4 Å². The molecule has 0 atom stereocenters. The number of hydrogen-bond acceptors (Lipinski definition) is 5. The molecule has 160 valence electrons. The number of nitriles is 1. The van der Waals surface area contributed by atoms with Gasteiger partial charge in [0.05, 0.1) is 16.6 Å². The van der Waals surface area contributed by atoms with Crippen LogP contribution in [0.5, 0.6) is 5.75 Å². The minimum Gasteiger partial charge on any atom is -0.483 e. The third kappa shape index (κ3) is 4.75. The van der Waals surface area contributed by atoms with E-state index in [1.807, 2.05) is 0 Å². The van der Waals surface area contributed by atoms with E-state index in [0.29, 0.717) is 5.52 Å². The van der Waals surface area contributed by atoms with Crippen LogP contribution in [0.3, 0.4) is 0 Å². The van der Waals surface area contributed by atoms with E-state index in [4.69, 9.17) is 5.26 Å². The Bertz CT molecular complexity index is 1320. The largest absolute Gasteiger partial charge is 0.483 e. The number of alkyl halides is 3. The highest BCUT2D eigenvalue weighted by molar-refractivity contribution is 6.06. The van der Waals surface area contributed by atoms with E-state index in [0.717, 1.165) is 6.07 Å². The lowest BCUT2D eigenvalue weighted by molar-refractivity contribution is -0.153. The molecule has 2 N–H and O–H groups in total. The highest BCUT2D eigenvalue weighted by Gasteiger charge is 2.29. The Balaban J connectivity index is 1.87. The Morgan fingerprint density at radius 2 is 1.97 bits per heavy atom. The van der Waals surface area contributed by atoms with E-state index in [2.05, 4.69) is 15.0 Å². The second kappa shape index (κ2) is 8.35. The molecule has 0 bridgehead atoms. The summed E-state index contributed by atoms with van der Waals surface area (Å²) in [6.07, 6.45) is -4.56. The highest BCUT2D eigenvalue weighted by atomic mass is 19.4. The molecule has 31 heavy (non-hydrogen) atoms. The normalized spacial score (nSPS) is 11.2. The zero-order chi connectivity index (χ0) is 22.8. The molecule has 11 heteroatoms. The number of rotatable bonds is 5. The van der Waals surface area contributed by atoms with Crippen molar-refractivity contribution in [2.75, 3.05) is 11.9 Å². The van der Waals surface area contributed by atoms with Gasteiger partial charge in [-0.2, -0.15) is 18.4 Å². The number of aromatic amines is 1. The zero-order valence-electron chi connectivity index (χ0n) is 16.0. The lowest BCUT2D eigenvalue weighted by Gasteiger charge is -2.12. The molecule has 2 aromatic carbocycles. The van der Waals surface area contributed by atoms with Crippen molar-refractivity contribution in [2.24, 2.45) is 0 Å².